The van der Waals surface area contributed by atoms with Gasteiger partial charge in [0, 0.05) is 12.5 Å². The van der Waals surface area contributed by atoms with Crippen LogP contribution in [0.25, 0.3) is 0 Å². The standard InChI is InChI=1S/C22H27N.ClH/c1-3-7-19(8-4-1)22(20-9-5-2-6-10-20)21-13-15-23(16-14-21)17-18-11-12-18;/h1-10,18,21-22H,11-17H2;1H. The highest BCUT2D eigenvalue weighted by molar-refractivity contribution is 5.85. The van der Waals surface area contributed by atoms with Crippen molar-refractivity contribution in [1.82, 2.24) is 4.90 Å². The van der Waals surface area contributed by atoms with Crippen LogP contribution in [0, 0.1) is 11.8 Å². The summed E-state index contributed by atoms with van der Waals surface area (Å²) in [5.74, 6) is 2.35. The number of halogens is 1. The molecule has 1 heterocycles. The summed E-state index contributed by atoms with van der Waals surface area (Å²) >= 11 is 0. The summed E-state index contributed by atoms with van der Waals surface area (Å²) in [6, 6.07) is 22.3. The summed E-state index contributed by atoms with van der Waals surface area (Å²) in [4.78, 5) is 2.71. The summed E-state index contributed by atoms with van der Waals surface area (Å²) in [5, 5.41) is 0. The van der Waals surface area contributed by atoms with E-state index in [0.717, 1.165) is 11.8 Å². The van der Waals surface area contributed by atoms with Crippen molar-refractivity contribution in [2.75, 3.05) is 19.6 Å². The van der Waals surface area contributed by atoms with E-state index in [2.05, 4.69) is 65.6 Å². The molecule has 0 radical (unpaired) electrons. The lowest BCUT2D eigenvalue weighted by Crippen LogP contribution is -2.37. The van der Waals surface area contributed by atoms with E-state index in [4.69, 9.17) is 0 Å². The third-order valence-electron chi connectivity index (χ3n) is 5.63. The average molecular weight is 342 g/mol. The number of likely N-dealkylation sites (tertiary alicyclic amines) is 1. The van der Waals surface area contributed by atoms with E-state index in [9.17, 15) is 0 Å². The topological polar surface area (TPSA) is 3.24 Å². The van der Waals surface area contributed by atoms with Crippen LogP contribution in [0.5, 0.6) is 0 Å². The van der Waals surface area contributed by atoms with Gasteiger partial charge in [-0.3, -0.25) is 0 Å². The molecule has 128 valence electrons. The van der Waals surface area contributed by atoms with Gasteiger partial charge in [-0.2, -0.15) is 0 Å². The second-order valence-electron chi connectivity index (χ2n) is 7.38. The van der Waals surface area contributed by atoms with E-state index >= 15 is 0 Å². The van der Waals surface area contributed by atoms with Crippen molar-refractivity contribution in [1.29, 1.82) is 0 Å². The number of hydrogen-bond donors (Lipinski definition) is 0. The van der Waals surface area contributed by atoms with Gasteiger partial charge in [-0.15, -0.1) is 12.4 Å². The van der Waals surface area contributed by atoms with Crippen LogP contribution < -0.4 is 0 Å². The molecule has 0 bridgehead atoms. The Balaban J connectivity index is 0.00000169. The molecule has 24 heavy (non-hydrogen) atoms. The number of benzene rings is 2. The van der Waals surface area contributed by atoms with Crippen LogP contribution in [0.15, 0.2) is 60.7 Å². The largest absolute Gasteiger partial charge is 0.303 e. The van der Waals surface area contributed by atoms with E-state index in [0.29, 0.717) is 5.92 Å². The molecule has 1 saturated carbocycles. The zero-order valence-corrected chi connectivity index (χ0v) is 15.1. The Morgan fingerprint density at radius 2 is 1.25 bits per heavy atom. The fourth-order valence-electron chi connectivity index (χ4n) is 4.19. The lowest BCUT2D eigenvalue weighted by Gasteiger charge is -2.36. The van der Waals surface area contributed by atoms with E-state index in [1.807, 2.05) is 0 Å². The smallest absolute Gasteiger partial charge is 0.0119 e. The lowest BCUT2D eigenvalue weighted by molar-refractivity contribution is 0.169. The summed E-state index contributed by atoms with van der Waals surface area (Å²) in [6.07, 6.45) is 5.61. The first kappa shape index (κ1) is 17.5. The normalized spacial score (nSPS) is 19.2. The Morgan fingerprint density at radius 3 is 1.71 bits per heavy atom. The van der Waals surface area contributed by atoms with Crippen LogP contribution in [0.3, 0.4) is 0 Å². The summed E-state index contributed by atoms with van der Waals surface area (Å²) in [6.45, 7) is 3.93. The maximum absolute atomic E-state index is 2.71. The van der Waals surface area contributed by atoms with Gasteiger partial charge in [-0.1, -0.05) is 60.7 Å². The van der Waals surface area contributed by atoms with Gasteiger partial charge in [-0.05, 0) is 61.7 Å². The molecule has 2 heteroatoms. The molecule has 0 aromatic heterocycles. The van der Waals surface area contributed by atoms with Gasteiger partial charge in [0.15, 0.2) is 0 Å². The van der Waals surface area contributed by atoms with E-state index in [1.54, 1.807) is 0 Å². The summed E-state index contributed by atoms with van der Waals surface area (Å²) in [5.41, 5.74) is 2.97. The Hall–Kier alpha value is -1.31. The Kier molecular flexibility index (Phi) is 5.97. The Bertz CT molecular complexity index is 561. The highest BCUT2D eigenvalue weighted by Gasteiger charge is 2.31. The van der Waals surface area contributed by atoms with Gasteiger partial charge in [-0.25, -0.2) is 0 Å². The molecule has 2 aromatic carbocycles. The van der Waals surface area contributed by atoms with E-state index < -0.39 is 0 Å². The molecule has 1 nitrogen and oxygen atoms in total. The molecule has 0 atom stereocenters. The second kappa shape index (κ2) is 8.18. The van der Waals surface area contributed by atoms with Crippen molar-refractivity contribution >= 4 is 12.4 Å². The fraction of sp³-hybridized carbons (Fsp3) is 0.455. The summed E-state index contributed by atoms with van der Waals surface area (Å²) in [7, 11) is 0. The third kappa shape index (κ3) is 4.20. The van der Waals surface area contributed by atoms with Gasteiger partial charge in [0.05, 0.1) is 0 Å². The van der Waals surface area contributed by atoms with Crippen molar-refractivity contribution in [2.24, 2.45) is 11.8 Å². The first-order chi connectivity index (χ1) is 11.4. The zero-order chi connectivity index (χ0) is 15.5. The molecule has 1 aliphatic heterocycles. The molecular weight excluding hydrogens is 314 g/mol. The van der Waals surface area contributed by atoms with Crippen LogP contribution in [0.1, 0.15) is 42.7 Å². The van der Waals surface area contributed by atoms with Crippen LogP contribution in [-0.2, 0) is 0 Å². The average Bonchev–Trinajstić information content (AvgIpc) is 3.43. The van der Waals surface area contributed by atoms with Crippen LogP contribution in [0.4, 0.5) is 0 Å². The van der Waals surface area contributed by atoms with Gasteiger partial charge >= 0.3 is 0 Å². The molecule has 0 N–H and O–H groups in total. The highest BCUT2D eigenvalue weighted by atomic mass is 35.5. The first-order valence-electron chi connectivity index (χ1n) is 9.22. The molecular formula is C22H28ClN. The molecule has 1 saturated heterocycles. The summed E-state index contributed by atoms with van der Waals surface area (Å²) < 4.78 is 0. The first-order valence-corrected chi connectivity index (χ1v) is 9.22. The molecule has 2 aromatic rings. The minimum Gasteiger partial charge on any atom is -0.303 e. The minimum absolute atomic E-state index is 0. The molecule has 0 unspecified atom stereocenters. The molecule has 4 rings (SSSR count). The minimum atomic E-state index is 0. The Morgan fingerprint density at radius 1 is 0.750 bits per heavy atom. The van der Waals surface area contributed by atoms with Crippen LogP contribution in [-0.4, -0.2) is 24.5 Å². The number of rotatable bonds is 5. The van der Waals surface area contributed by atoms with Crippen LogP contribution in [0.2, 0.25) is 0 Å². The van der Waals surface area contributed by atoms with Gasteiger partial charge < -0.3 is 4.90 Å². The van der Waals surface area contributed by atoms with Crippen molar-refractivity contribution in [3.05, 3.63) is 71.8 Å². The zero-order valence-electron chi connectivity index (χ0n) is 14.3. The Labute approximate surface area is 152 Å². The lowest BCUT2D eigenvalue weighted by atomic mass is 9.76. The molecule has 2 fully saturated rings. The predicted molar refractivity (Wildman–Crippen MR) is 104 cm³/mol. The SMILES string of the molecule is Cl.c1ccc(C(c2ccccc2)C2CCN(CC3CC3)CC2)cc1. The van der Waals surface area contributed by atoms with Gasteiger partial charge in [0.1, 0.15) is 0 Å². The van der Waals surface area contributed by atoms with Gasteiger partial charge in [0.25, 0.3) is 0 Å². The molecule has 0 spiro atoms. The second-order valence-corrected chi connectivity index (χ2v) is 7.38. The van der Waals surface area contributed by atoms with E-state index in [-0.39, 0.29) is 12.4 Å². The predicted octanol–water partition coefficient (Wildman–Crippen LogP) is 5.36. The molecule has 0 amide bonds. The maximum atomic E-state index is 2.71. The maximum Gasteiger partial charge on any atom is 0.0119 e. The van der Waals surface area contributed by atoms with E-state index in [1.165, 1.54) is 56.4 Å². The van der Waals surface area contributed by atoms with Crippen molar-refractivity contribution in [3.8, 4) is 0 Å². The van der Waals surface area contributed by atoms with Crippen molar-refractivity contribution in [3.63, 3.8) is 0 Å². The number of nitrogens with zero attached hydrogens (tertiary/aromatic N) is 1. The van der Waals surface area contributed by atoms with Crippen molar-refractivity contribution < 1.29 is 0 Å². The van der Waals surface area contributed by atoms with Crippen LogP contribution >= 0.6 is 12.4 Å². The van der Waals surface area contributed by atoms with Crippen molar-refractivity contribution in [2.45, 2.75) is 31.6 Å². The molecule has 1 aliphatic carbocycles. The molecule has 2 aliphatic rings. The quantitative estimate of drug-likeness (QED) is 0.707. The number of hydrogen-bond acceptors (Lipinski definition) is 1. The fourth-order valence-corrected chi connectivity index (χ4v) is 4.19. The highest BCUT2D eigenvalue weighted by Crippen LogP contribution is 2.39. The number of piperidine rings is 1. The third-order valence-corrected chi connectivity index (χ3v) is 5.63. The van der Waals surface area contributed by atoms with Gasteiger partial charge in [0.2, 0.25) is 0 Å². The monoisotopic (exact) mass is 341 g/mol.